The fourth-order valence-corrected chi connectivity index (χ4v) is 0.755. The van der Waals surface area contributed by atoms with Crippen LogP contribution < -0.4 is 0 Å². The van der Waals surface area contributed by atoms with Gasteiger partial charge in [0.15, 0.2) is 0 Å². The second-order valence-corrected chi connectivity index (χ2v) is 2.15. The summed E-state index contributed by atoms with van der Waals surface area (Å²) >= 11 is 0. The third-order valence-electron chi connectivity index (χ3n) is 1.34. The predicted octanol–water partition coefficient (Wildman–Crippen LogP) is 1.64. The molecule has 6 nitrogen and oxygen atoms in total. The molecule has 1 aromatic rings. The van der Waals surface area contributed by atoms with Crippen LogP contribution in [0.25, 0.3) is 0 Å². The maximum atomic E-state index is 12.6. The molecule has 1 aromatic carbocycles. The SMILES string of the molecule is O=[N+]([O-])c1ccc(F)c([N+](=O)[O-])c1.[At]. The topological polar surface area (TPSA) is 86.3 Å². The van der Waals surface area contributed by atoms with E-state index in [0.717, 1.165) is 6.07 Å². The molecule has 0 aromatic heterocycles. The molecular weight excluding hydrogens is 393 g/mol. The molecule has 75 valence electrons. The van der Waals surface area contributed by atoms with Gasteiger partial charge in [-0.2, -0.15) is 4.39 Å². The van der Waals surface area contributed by atoms with E-state index >= 15 is 0 Å². The fraction of sp³-hybridized carbons (Fsp3) is 0. The quantitative estimate of drug-likeness (QED) is 0.562. The van der Waals surface area contributed by atoms with E-state index in [4.69, 9.17) is 0 Å². The summed E-state index contributed by atoms with van der Waals surface area (Å²) in [7, 11) is 0. The molecule has 0 heterocycles. The smallest absolute Gasteiger partial charge is 0.258 e. The Hall–Kier alpha value is -1.17. The van der Waals surface area contributed by atoms with Gasteiger partial charge in [-0.25, -0.2) is 0 Å². The Kier molecular flexibility index (Phi) is 4.49. The number of nitro benzene ring substituents is 2. The largest absolute Gasteiger partial charge is 0.311 e. The maximum Gasteiger partial charge on any atom is 0.311 e. The molecule has 0 aliphatic carbocycles. The average Bonchev–Trinajstić information content (AvgIpc) is 2.04. The van der Waals surface area contributed by atoms with E-state index in [-0.39, 0.29) is 26.2 Å². The van der Waals surface area contributed by atoms with E-state index in [9.17, 15) is 24.6 Å². The third kappa shape index (κ3) is 2.66. The van der Waals surface area contributed by atoms with Gasteiger partial charge in [-0.15, -0.1) is 0 Å². The summed E-state index contributed by atoms with van der Waals surface area (Å²) in [5.41, 5.74) is -1.40. The maximum absolute atomic E-state index is 12.6. The van der Waals surface area contributed by atoms with Crippen LogP contribution in [0.15, 0.2) is 18.2 Å². The van der Waals surface area contributed by atoms with Gasteiger partial charge < -0.3 is 0 Å². The van der Waals surface area contributed by atoms with Crippen molar-refractivity contribution in [2.24, 2.45) is 0 Å². The molecule has 0 atom stereocenters. The van der Waals surface area contributed by atoms with Crippen LogP contribution >= 0.6 is 0 Å². The molecule has 0 saturated heterocycles. The summed E-state index contributed by atoms with van der Waals surface area (Å²) in [6.45, 7) is 0. The number of hydrogen-bond acceptors (Lipinski definition) is 4. The van der Waals surface area contributed by atoms with E-state index in [1.165, 1.54) is 0 Å². The standard InChI is InChI=1S/C6H3FN2O4.At/c7-5-2-1-4(8(10)11)3-6(5)9(12)13;/h1-3H;. The Morgan fingerprint density at radius 1 is 1.14 bits per heavy atom. The van der Waals surface area contributed by atoms with E-state index in [0.29, 0.717) is 12.1 Å². The van der Waals surface area contributed by atoms with Crippen LogP contribution in [0.1, 0.15) is 0 Å². The van der Waals surface area contributed by atoms with Crippen LogP contribution in [0.5, 0.6) is 0 Å². The summed E-state index contributed by atoms with van der Waals surface area (Å²) < 4.78 is 12.6. The van der Waals surface area contributed by atoms with Gasteiger partial charge in [0.1, 0.15) is 0 Å². The van der Waals surface area contributed by atoms with Crippen molar-refractivity contribution < 1.29 is 40.4 Å². The minimum Gasteiger partial charge on any atom is -0.258 e. The van der Waals surface area contributed by atoms with Gasteiger partial charge in [0, 0.05) is 32.3 Å². The van der Waals surface area contributed by atoms with E-state index in [2.05, 4.69) is 0 Å². The molecule has 0 fully saturated rings. The minimum atomic E-state index is -1.09. The number of nitro groups is 2. The second kappa shape index (κ2) is 4.90. The molecule has 1 radical (unpaired) electrons. The molecule has 1 rings (SSSR count). The van der Waals surface area contributed by atoms with Crippen molar-refractivity contribution in [1.29, 1.82) is 0 Å². The zero-order valence-corrected chi connectivity index (χ0v) is 9.45. The molecule has 0 saturated carbocycles. The summed E-state index contributed by atoms with van der Waals surface area (Å²) in [5, 5.41) is 20.3. The number of non-ortho nitro benzene ring substituents is 1. The zero-order valence-electron chi connectivity index (χ0n) is 6.52. The Morgan fingerprint density at radius 2 is 1.71 bits per heavy atom. The van der Waals surface area contributed by atoms with Crippen molar-refractivity contribution in [3.63, 3.8) is 0 Å². The molecule has 0 aliphatic heterocycles. The molecule has 0 spiro atoms. The van der Waals surface area contributed by atoms with Crippen molar-refractivity contribution in [1.82, 2.24) is 0 Å². The number of rotatable bonds is 2. The van der Waals surface area contributed by atoms with E-state index in [1.807, 2.05) is 0 Å². The molecule has 8 heteroatoms. The van der Waals surface area contributed by atoms with Gasteiger partial charge in [-0.3, -0.25) is 20.2 Å². The number of hydrogen-bond donors (Lipinski definition) is 0. The molecular formula is C6H3AtFN2O4. The Labute approximate surface area is 96.2 Å². The summed E-state index contributed by atoms with van der Waals surface area (Å²) in [6, 6.07) is 2.13. The van der Waals surface area contributed by atoms with Gasteiger partial charge in [0.25, 0.3) is 5.69 Å². The first kappa shape index (κ1) is 12.8. The average molecular weight is 396 g/mol. The van der Waals surface area contributed by atoms with Crippen LogP contribution in [0.2, 0.25) is 0 Å². The first-order valence-corrected chi connectivity index (χ1v) is 3.10. The molecule has 14 heavy (non-hydrogen) atoms. The van der Waals surface area contributed by atoms with Gasteiger partial charge >= 0.3 is 5.69 Å². The van der Waals surface area contributed by atoms with Crippen LogP contribution in [-0.2, 0) is 0 Å². The first-order chi connectivity index (χ1) is 6.02. The van der Waals surface area contributed by atoms with Crippen LogP contribution in [0.4, 0.5) is 15.8 Å². The Morgan fingerprint density at radius 3 is 2.14 bits per heavy atom. The van der Waals surface area contributed by atoms with Crippen molar-refractivity contribution in [3.8, 4) is 0 Å². The number of halogens is 1. The Bertz CT molecular complexity index is 384. The van der Waals surface area contributed by atoms with Crippen molar-refractivity contribution in [3.05, 3.63) is 44.2 Å². The van der Waals surface area contributed by atoms with Crippen LogP contribution in [0, 0.1) is 52.2 Å². The van der Waals surface area contributed by atoms with E-state index in [1.54, 1.807) is 0 Å². The minimum absolute atomic E-state index is 0. The van der Waals surface area contributed by atoms with Crippen LogP contribution in [-0.4, -0.2) is 9.85 Å². The fourth-order valence-electron chi connectivity index (χ4n) is 0.755. The normalized spacial score (nSPS) is 8.93. The zero-order chi connectivity index (χ0) is 10.0. The number of nitrogens with zero attached hydrogens (tertiary/aromatic N) is 2. The van der Waals surface area contributed by atoms with Crippen LogP contribution in [0.3, 0.4) is 0 Å². The molecule has 0 bridgehead atoms. The Balaban J connectivity index is 0.00000169. The summed E-state index contributed by atoms with van der Waals surface area (Å²) in [6.07, 6.45) is 0. The third-order valence-corrected chi connectivity index (χ3v) is 1.34. The van der Waals surface area contributed by atoms with E-state index < -0.39 is 27.0 Å². The van der Waals surface area contributed by atoms with Crippen molar-refractivity contribution >= 4 is 11.4 Å². The van der Waals surface area contributed by atoms with Crippen molar-refractivity contribution in [2.75, 3.05) is 0 Å². The van der Waals surface area contributed by atoms with Gasteiger partial charge in [-0.1, -0.05) is 0 Å². The number of benzene rings is 1. The van der Waals surface area contributed by atoms with Gasteiger partial charge in [0.2, 0.25) is 5.82 Å². The summed E-state index contributed by atoms with van der Waals surface area (Å²) in [4.78, 5) is 18.4. The molecule has 0 N–H and O–H groups in total. The molecule has 0 unspecified atom stereocenters. The van der Waals surface area contributed by atoms with Crippen molar-refractivity contribution in [2.45, 2.75) is 0 Å². The summed E-state index contributed by atoms with van der Waals surface area (Å²) in [5.74, 6) is -1.09. The molecule has 0 amide bonds. The predicted molar refractivity (Wildman–Crippen MR) is 39.7 cm³/mol. The van der Waals surface area contributed by atoms with Gasteiger partial charge in [0.05, 0.1) is 15.9 Å². The molecule has 0 aliphatic rings. The monoisotopic (exact) mass is 396 g/mol. The van der Waals surface area contributed by atoms with Gasteiger partial charge in [-0.05, 0) is 6.07 Å². The second-order valence-electron chi connectivity index (χ2n) is 2.15. The first-order valence-electron chi connectivity index (χ1n) is 3.10.